The average Bonchev–Trinajstić information content (AvgIpc) is 2.59. The first-order valence-corrected chi connectivity index (χ1v) is 8.03. The summed E-state index contributed by atoms with van der Waals surface area (Å²) in [5.41, 5.74) is 0.617. The molecule has 132 valence electrons. The van der Waals surface area contributed by atoms with Crippen LogP contribution < -0.4 is 10.2 Å². The Labute approximate surface area is 144 Å². The van der Waals surface area contributed by atoms with Gasteiger partial charge >= 0.3 is 0 Å². The van der Waals surface area contributed by atoms with E-state index in [0.29, 0.717) is 26.2 Å². The molecule has 1 saturated heterocycles. The fraction of sp³-hybridized carbons (Fsp3) is 0.278. The molecule has 0 saturated carbocycles. The first kappa shape index (κ1) is 17.2. The maximum absolute atomic E-state index is 13.6. The van der Waals surface area contributed by atoms with Crippen LogP contribution in [0.4, 0.5) is 20.2 Å². The van der Waals surface area contributed by atoms with Gasteiger partial charge in [0.2, 0.25) is 5.91 Å². The summed E-state index contributed by atoms with van der Waals surface area (Å²) in [4.78, 5) is 16.0. The van der Waals surface area contributed by atoms with Crippen LogP contribution in [0.15, 0.2) is 42.5 Å². The molecular formula is C18H19F2N3O2. The van der Waals surface area contributed by atoms with Gasteiger partial charge in [0.1, 0.15) is 17.4 Å². The third kappa shape index (κ3) is 4.24. The largest absolute Gasteiger partial charge is 0.506 e. The van der Waals surface area contributed by atoms with Crippen LogP contribution in [0, 0.1) is 11.6 Å². The molecule has 1 heterocycles. The van der Waals surface area contributed by atoms with Crippen molar-refractivity contribution in [1.29, 1.82) is 0 Å². The molecule has 1 aliphatic rings. The highest BCUT2D eigenvalue weighted by Crippen LogP contribution is 2.27. The second-order valence-electron chi connectivity index (χ2n) is 5.92. The molecule has 0 unspecified atom stereocenters. The maximum Gasteiger partial charge on any atom is 0.238 e. The van der Waals surface area contributed by atoms with Crippen molar-refractivity contribution in [2.45, 2.75) is 0 Å². The van der Waals surface area contributed by atoms with E-state index in [1.54, 1.807) is 12.1 Å². The summed E-state index contributed by atoms with van der Waals surface area (Å²) in [5.74, 6) is -1.43. The molecule has 0 aromatic heterocycles. The minimum atomic E-state index is -0.667. The predicted octanol–water partition coefficient (Wildman–Crippen LogP) is 2.43. The lowest BCUT2D eigenvalue weighted by Crippen LogP contribution is -2.48. The van der Waals surface area contributed by atoms with E-state index in [1.807, 2.05) is 17.0 Å². The summed E-state index contributed by atoms with van der Waals surface area (Å²) < 4.78 is 26.7. The van der Waals surface area contributed by atoms with Gasteiger partial charge in [-0.2, -0.15) is 0 Å². The van der Waals surface area contributed by atoms with Crippen LogP contribution in [0.2, 0.25) is 0 Å². The minimum absolute atomic E-state index is 0.102. The molecule has 0 radical (unpaired) electrons. The van der Waals surface area contributed by atoms with Gasteiger partial charge in [-0.25, -0.2) is 8.78 Å². The molecule has 0 atom stereocenters. The van der Waals surface area contributed by atoms with E-state index < -0.39 is 11.6 Å². The van der Waals surface area contributed by atoms with Crippen molar-refractivity contribution >= 4 is 17.3 Å². The van der Waals surface area contributed by atoms with Crippen molar-refractivity contribution < 1.29 is 18.7 Å². The summed E-state index contributed by atoms with van der Waals surface area (Å²) in [6, 6.07) is 10.1. The lowest BCUT2D eigenvalue weighted by Gasteiger charge is -2.35. The highest BCUT2D eigenvalue weighted by molar-refractivity contribution is 5.92. The van der Waals surface area contributed by atoms with Gasteiger partial charge < -0.3 is 15.3 Å². The number of para-hydroxylation sites is 2. The molecule has 1 amide bonds. The van der Waals surface area contributed by atoms with Crippen molar-refractivity contribution in [3.8, 4) is 5.75 Å². The molecule has 2 N–H and O–H groups in total. The Hall–Kier alpha value is -2.67. The van der Waals surface area contributed by atoms with Crippen molar-refractivity contribution in [3.63, 3.8) is 0 Å². The number of phenolic OH excluding ortho intramolecular Hbond substituents is 1. The summed E-state index contributed by atoms with van der Waals surface area (Å²) >= 11 is 0. The quantitative estimate of drug-likeness (QED) is 0.892. The number of phenols is 1. The number of hydrogen-bond acceptors (Lipinski definition) is 4. The van der Waals surface area contributed by atoms with Gasteiger partial charge in [-0.3, -0.25) is 9.69 Å². The molecule has 1 aliphatic heterocycles. The van der Waals surface area contributed by atoms with Crippen molar-refractivity contribution in [1.82, 2.24) is 4.90 Å². The first-order chi connectivity index (χ1) is 12.0. The Kier molecular flexibility index (Phi) is 5.14. The number of aromatic hydroxyl groups is 1. The number of nitrogens with one attached hydrogen (secondary N) is 1. The van der Waals surface area contributed by atoms with E-state index >= 15 is 0 Å². The normalized spacial score (nSPS) is 15.2. The Balaban J connectivity index is 1.53. The van der Waals surface area contributed by atoms with Gasteiger partial charge in [-0.15, -0.1) is 0 Å². The zero-order valence-electron chi connectivity index (χ0n) is 13.6. The van der Waals surface area contributed by atoms with Crippen LogP contribution in [-0.2, 0) is 4.79 Å². The SMILES string of the molecule is O=C(CN1CCN(c2ccccc2O)CC1)Nc1cc(F)ccc1F. The van der Waals surface area contributed by atoms with Crippen LogP contribution in [0.1, 0.15) is 0 Å². The lowest BCUT2D eigenvalue weighted by molar-refractivity contribution is -0.117. The molecular weight excluding hydrogens is 328 g/mol. The number of carbonyl (C=O) groups is 1. The summed E-state index contributed by atoms with van der Waals surface area (Å²) in [7, 11) is 0. The number of anilines is 2. The summed E-state index contributed by atoms with van der Waals surface area (Å²) in [6.07, 6.45) is 0. The molecule has 2 aromatic carbocycles. The highest BCUT2D eigenvalue weighted by Gasteiger charge is 2.21. The van der Waals surface area contributed by atoms with Crippen molar-refractivity contribution in [3.05, 3.63) is 54.1 Å². The molecule has 3 rings (SSSR count). The van der Waals surface area contributed by atoms with E-state index in [4.69, 9.17) is 0 Å². The lowest BCUT2D eigenvalue weighted by atomic mass is 10.2. The smallest absolute Gasteiger partial charge is 0.238 e. The van der Waals surface area contributed by atoms with Gasteiger partial charge in [0.25, 0.3) is 0 Å². The average molecular weight is 347 g/mol. The van der Waals surface area contributed by atoms with Gasteiger partial charge in [0, 0.05) is 32.2 Å². The predicted molar refractivity (Wildman–Crippen MR) is 91.7 cm³/mol. The zero-order valence-corrected chi connectivity index (χ0v) is 13.6. The van der Waals surface area contributed by atoms with E-state index in [1.165, 1.54) is 0 Å². The number of carbonyl (C=O) groups excluding carboxylic acids is 1. The fourth-order valence-corrected chi connectivity index (χ4v) is 2.86. The van der Waals surface area contributed by atoms with Crippen LogP contribution in [-0.4, -0.2) is 48.6 Å². The van der Waals surface area contributed by atoms with Crippen LogP contribution in [0.3, 0.4) is 0 Å². The molecule has 5 nitrogen and oxygen atoms in total. The van der Waals surface area contributed by atoms with Crippen LogP contribution >= 0.6 is 0 Å². The number of benzene rings is 2. The van der Waals surface area contributed by atoms with E-state index in [9.17, 15) is 18.7 Å². The van der Waals surface area contributed by atoms with E-state index in [2.05, 4.69) is 10.2 Å². The number of hydrogen-bond donors (Lipinski definition) is 2. The second kappa shape index (κ2) is 7.48. The van der Waals surface area contributed by atoms with E-state index in [-0.39, 0.29) is 23.9 Å². The minimum Gasteiger partial charge on any atom is -0.506 e. The second-order valence-corrected chi connectivity index (χ2v) is 5.92. The highest BCUT2D eigenvalue weighted by atomic mass is 19.1. The topological polar surface area (TPSA) is 55.8 Å². The Morgan fingerprint density at radius 3 is 2.52 bits per heavy atom. The van der Waals surface area contributed by atoms with Gasteiger partial charge in [0.05, 0.1) is 17.9 Å². The Bertz CT molecular complexity index is 762. The summed E-state index contributed by atoms with van der Waals surface area (Å²) in [5, 5.41) is 12.3. The summed E-state index contributed by atoms with van der Waals surface area (Å²) in [6.45, 7) is 2.70. The third-order valence-corrected chi connectivity index (χ3v) is 4.16. The molecule has 0 bridgehead atoms. The van der Waals surface area contributed by atoms with Gasteiger partial charge in [-0.1, -0.05) is 12.1 Å². The number of halogens is 2. The molecule has 0 aliphatic carbocycles. The van der Waals surface area contributed by atoms with Gasteiger partial charge in [-0.05, 0) is 24.3 Å². The third-order valence-electron chi connectivity index (χ3n) is 4.16. The van der Waals surface area contributed by atoms with Gasteiger partial charge in [0.15, 0.2) is 0 Å². The standard InChI is InChI=1S/C18H19F2N3O2/c19-13-5-6-14(20)15(11-13)21-18(25)12-22-7-9-23(10-8-22)16-3-1-2-4-17(16)24/h1-6,11,24H,7-10,12H2,(H,21,25). The first-order valence-electron chi connectivity index (χ1n) is 8.03. The Morgan fingerprint density at radius 2 is 1.80 bits per heavy atom. The molecule has 0 spiro atoms. The zero-order chi connectivity index (χ0) is 17.8. The number of amides is 1. The monoisotopic (exact) mass is 347 g/mol. The number of rotatable bonds is 4. The maximum atomic E-state index is 13.6. The van der Waals surface area contributed by atoms with Crippen LogP contribution in [0.5, 0.6) is 5.75 Å². The fourth-order valence-electron chi connectivity index (χ4n) is 2.86. The molecule has 1 fully saturated rings. The van der Waals surface area contributed by atoms with E-state index in [0.717, 1.165) is 23.9 Å². The molecule has 7 heteroatoms. The van der Waals surface area contributed by atoms with Crippen molar-refractivity contribution in [2.24, 2.45) is 0 Å². The van der Waals surface area contributed by atoms with Crippen LogP contribution in [0.25, 0.3) is 0 Å². The molecule has 25 heavy (non-hydrogen) atoms. The number of piperazine rings is 1. The molecule has 2 aromatic rings. The van der Waals surface area contributed by atoms with Crippen molar-refractivity contribution in [2.75, 3.05) is 42.9 Å². The number of nitrogens with zero attached hydrogens (tertiary/aromatic N) is 2. The Morgan fingerprint density at radius 1 is 1.08 bits per heavy atom.